The second-order valence-corrected chi connectivity index (χ2v) is 4.43. The van der Waals surface area contributed by atoms with Crippen LogP contribution in [0.4, 0.5) is 0 Å². The van der Waals surface area contributed by atoms with E-state index in [0.717, 1.165) is 12.8 Å². The third-order valence-electron chi connectivity index (χ3n) is 2.98. The van der Waals surface area contributed by atoms with E-state index in [4.69, 9.17) is 5.26 Å². The van der Waals surface area contributed by atoms with Gasteiger partial charge in [-0.2, -0.15) is 5.26 Å². The average molecular weight is 223 g/mol. The number of rotatable bonds is 10. The van der Waals surface area contributed by atoms with Crippen molar-refractivity contribution in [3.63, 3.8) is 0 Å². The Balaban J connectivity index is 3.38. The van der Waals surface area contributed by atoms with Gasteiger partial charge in [0.1, 0.15) is 11.7 Å². The lowest BCUT2D eigenvalue weighted by molar-refractivity contribution is -0.121. The van der Waals surface area contributed by atoms with Crippen LogP contribution in [0.3, 0.4) is 0 Å². The summed E-state index contributed by atoms with van der Waals surface area (Å²) in [6.45, 7) is 4.11. The first-order valence-corrected chi connectivity index (χ1v) is 6.68. The quantitative estimate of drug-likeness (QED) is 0.519. The minimum Gasteiger partial charge on any atom is -0.298 e. The molecule has 0 aromatic carbocycles. The Morgan fingerprint density at radius 3 is 2.12 bits per heavy atom. The van der Waals surface area contributed by atoms with Crippen molar-refractivity contribution in [3.05, 3.63) is 0 Å². The molecular formula is C14H25NO. The minimum atomic E-state index is -0.361. The number of carbonyl (C=O) groups is 1. The Morgan fingerprint density at radius 1 is 1.06 bits per heavy atom. The van der Waals surface area contributed by atoms with Gasteiger partial charge in [-0.3, -0.25) is 4.79 Å². The number of nitriles is 1. The van der Waals surface area contributed by atoms with Gasteiger partial charge in [0, 0.05) is 6.42 Å². The Hall–Kier alpha value is -0.840. The van der Waals surface area contributed by atoms with E-state index >= 15 is 0 Å². The predicted molar refractivity (Wildman–Crippen MR) is 67.0 cm³/mol. The molecular weight excluding hydrogens is 198 g/mol. The summed E-state index contributed by atoms with van der Waals surface area (Å²) >= 11 is 0. The van der Waals surface area contributed by atoms with Gasteiger partial charge in [0.2, 0.25) is 0 Å². The summed E-state index contributed by atoms with van der Waals surface area (Å²) in [4.78, 5) is 11.5. The maximum absolute atomic E-state index is 11.5. The summed E-state index contributed by atoms with van der Waals surface area (Å²) in [7, 11) is 0. The molecule has 92 valence electrons. The standard InChI is InChI=1S/C14H25NO/c1-3-5-6-7-8-9-10-11-14(16)13(4-2)12-15/h13H,3-11H2,1-2H3. The molecule has 0 aliphatic rings. The lowest BCUT2D eigenvalue weighted by Crippen LogP contribution is -2.10. The number of hydrogen-bond donors (Lipinski definition) is 0. The summed E-state index contributed by atoms with van der Waals surface area (Å²) in [6, 6.07) is 2.07. The first-order valence-electron chi connectivity index (χ1n) is 6.68. The molecule has 0 aromatic heterocycles. The van der Waals surface area contributed by atoms with Gasteiger partial charge in [0.15, 0.2) is 0 Å². The van der Waals surface area contributed by atoms with Crippen molar-refractivity contribution >= 4 is 5.78 Å². The predicted octanol–water partition coefficient (Wildman–Crippen LogP) is 4.25. The summed E-state index contributed by atoms with van der Waals surface area (Å²) in [5.41, 5.74) is 0. The van der Waals surface area contributed by atoms with E-state index in [0.29, 0.717) is 12.8 Å². The van der Waals surface area contributed by atoms with Gasteiger partial charge < -0.3 is 0 Å². The molecule has 0 fully saturated rings. The number of Topliss-reactive ketones (excluding diaryl/α,β-unsaturated/α-hetero) is 1. The Labute approximate surface area is 100 Å². The molecule has 16 heavy (non-hydrogen) atoms. The molecule has 0 aromatic rings. The molecule has 0 aliphatic carbocycles. The minimum absolute atomic E-state index is 0.138. The van der Waals surface area contributed by atoms with Crippen LogP contribution in [-0.4, -0.2) is 5.78 Å². The molecule has 0 amide bonds. The van der Waals surface area contributed by atoms with Crippen LogP contribution < -0.4 is 0 Å². The normalized spacial score (nSPS) is 12.1. The molecule has 0 saturated carbocycles. The van der Waals surface area contributed by atoms with Gasteiger partial charge in [-0.25, -0.2) is 0 Å². The first kappa shape index (κ1) is 15.2. The Bertz CT molecular complexity index is 217. The van der Waals surface area contributed by atoms with E-state index in [1.54, 1.807) is 0 Å². The van der Waals surface area contributed by atoms with Gasteiger partial charge in [0.25, 0.3) is 0 Å². The maximum Gasteiger partial charge on any atom is 0.149 e. The van der Waals surface area contributed by atoms with Crippen LogP contribution in [0, 0.1) is 17.2 Å². The topological polar surface area (TPSA) is 40.9 Å². The van der Waals surface area contributed by atoms with E-state index in [1.807, 2.05) is 6.92 Å². The van der Waals surface area contributed by atoms with Gasteiger partial charge in [-0.05, 0) is 12.8 Å². The highest BCUT2D eigenvalue weighted by atomic mass is 16.1. The summed E-state index contributed by atoms with van der Waals surface area (Å²) < 4.78 is 0. The van der Waals surface area contributed by atoms with Gasteiger partial charge in [0.05, 0.1) is 6.07 Å². The van der Waals surface area contributed by atoms with Crippen LogP contribution >= 0.6 is 0 Å². The van der Waals surface area contributed by atoms with Crippen LogP contribution in [0.15, 0.2) is 0 Å². The highest BCUT2D eigenvalue weighted by molar-refractivity contribution is 5.83. The van der Waals surface area contributed by atoms with Crippen molar-refractivity contribution in [3.8, 4) is 6.07 Å². The third kappa shape index (κ3) is 7.45. The van der Waals surface area contributed by atoms with Gasteiger partial charge in [-0.1, -0.05) is 52.4 Å². The highest BCUT2D eigenvalue weighted by Crippen LogP contribution is 2.12. The molecule has 0 saturated heterocycles. The van der Waals surface area contributed by atoms with Crippen molar-refractivity contribution in [2.45, 2.75) is 71.6 Å². The molecule has 2 heteroatoms. The van der Waals surface area contributed by atoms with Crippen LogP contribution in [-0.2, 0) is 4.79 Å². The summed E-state index contributed by atoms with van der Waals surface area (Å²) in [6.07, 6.45) is 9.80. The summed E-state index contributed by atoms with van der Waals surface area (Å²) in [5.74, 6) is -0.223. The molecule has 0 radical (unpaired) electrons. The lowest BCUT2D eigenvalue weighted by Gasteiger charge is -2.04. The molecule has 1 unspecified atom stereocenters. The smallest absolute Gasteiger partial charge is 0.149 e. The van der Waals surface area contributed by atoms with Crippen molar-refractivity contribution in [1.29, 1.82) is 5.26 Å². The van der Waals surface area contributed by atoms with E-state index < -0.39 is 0 Å². The number of ketones is 1. The highest BCUT2D eigenvalue weighted by Gasteiger charge is 2.14. The number of unbranched alkanes of at least 4 members (excludes halogenated alkanes) is 6. The number of nitrogens with zero attached hydrogens (tertiary/aromatic N) is 1. The maximum atomic E-state index is 11.5. The van der Waals surface area contributed by atoms with Crippen molar-refractivity contribution < 1.29 is 4.79 Å². The fourth-order valence-corrected chi connectivity index (χ4v) is 1.82. The Kier molecular flexibility index (Phi) is 10.1. The molecule has 0 rings (SSSR count). The van der Waals surface area contributed by atoms with E-state index in [9.17, 15) is 4.79 Å². The van der Waals surface area contributed by atoms with Gasteiger partial charge in [-0.15, -0.1) is 0 Å². The second kappa shape index (κ2) is 10.7. The van der Waals surface area contributed by atoms with E-state index in [-0.39, 0.29) is 11.7 Å². The third-order valence-corrected chi connectivity index (χ3v) is 2.98. The lowest BCUT2D eigenvalue weighted by atomic mass is 9.97. The van der Waals surface area contributed by atoms with Crippen molar-refractivity contribution in [2.75, 3.05) is 0 Å². The monoisotopic (exact) mass is 223 g/mol. The van der Waals surface area contributed by atoms with Crippen molar-refractivity contribution in [1.82, 2.24) is 0 Å². The number of hydrogen-bond acceptors (Lipinski definition) is 2. The second-order valence-electron chi connectivity index (χ2n) is 4.43. The molecule has 0 spiro atoms. The van der Waals surface area contributed by atoms with Crippen LogP contribution in [0.5, 0.6) is 0 Å². The zero-order chi connectivity index (χ0) is 12.2. The van der Waals surface area contributed by atoms with Crippen molar-refractivity contribution in [2.24, 2.45) is 5.92 Å². The largest absolute Gasteiger partial charge is 0.298 e. The molecule has 0 aliphatic heterocycles. The molecule has 1 atom stereocenters. The van der Waals surface area contributed by atoms with Gasteiger partial charge >= 0.3 is 0 Å². The first-order chi connectivity index (χ1) is 7.76. The molecule has 0 heterocycles. The van der Waals surface area contributed by atoms with Crippen LogP contribution in [0.25, 0.3) is 0 Å². The molecule has 0 bridgehead atoms. The zero-order valence-electron chi connectivity index (χ0n) is 10.8. The average Bonchev–Trinajstić information content (AvgIpc) is 2.29. The fourth-order valence-electron chi connectivity index (χ4n) is 1.82. The summed E-state index contributed by atoms with van der Waals surface area (Å²) in [5, 5.41) is 8.73. The Morgan fingerprint density at radius 2 is 1.62 bits per heavy atom. The molecule has 0 N–H and O–H groups in total. The number of carbonyl (C=O) groups excluding carboxylic acids is 1. The van der Waals surface area contributed by atoms with E-state index in [1.165, 1.54) is 32.1 Å². The SMILES string of the molecule is CCCCCCCCCC(=O)C(C#N)CC. The fraction of sp³-hybridized carbons (Fsp3) is 0.857. The zero-order valence-corrected chi connectivity index (χ0v) is 10.8. The van der Waals surface area contributed by atoms with Crippen LogP contribution in [0.2, 0.25) is 0 Å². The van der Waals surface area contributed by atoms with Crippen LogP contribution in [0.1, 0.15) is 71.6 Å². The molecule has 2 nitrogen and oxygen atoms in total. The van der Waals surface area contributed by atoms with E-state index in [2.05, 4.69) is 13.0 Å².